The molecule has 130 valence electrons. The molecule has 0 spiro atoms. The highest BCUT2D eigenvalue weighted by molar-refractivity contribution is 7.21. The molecule has 0 aliphatic carbocycles. The Morgan fingerprint density at radius 3 is 2.36 bits per heavy atom. The van der Waals surface area contributed by atoms with E-state index in [1.807, 2.05) is 42.5 Å². The third kappa shape index (κ3) is 3.91. The van der Waals surface area contributed by atoms with Crippen LogP contribution in [0.2, 0.25) is 0 Å². The van der Waals surface area contributed by atoms with Gasteiger partial charge >= 0.3 is 0 Å². The van der Waals surface area contributed by atoms with Gasteiger partial charge in [-0.2, -0.15) is 0 Å². The Hall–Kier alpha value is -2.17. The number of thiophene rings is 1. The van der Waals surface area contributed by atoms with Gasteiger partial charge in [0.1, 0.15) is 5.75 Å². The lowest BCUT2D eigenvalue weighted by atomic mass is 10.1. The van der Waals surface area contributed by atoms with Gasteiger partial charge in [-0.1, -0.05) is 56.3 Å². The predicted octanol–water partition coefficient (Wildman–Crippen LogP) is 4.79. The first-order valence-electron chi connectivity index (χ1n) is 8.77. The first kappa shape index (κ1) is 17.6. The molecule has 0 bridgehead atoms. The first-order chi connectivity index (χ1) is 12.2. The summed E-state index contributed by atoms with van der Waals surface area (Å²) in [5.74, 6) is 0.339. The number of benzene rings is 2. The number of nitrogens with zero attached hydrogens (tertiary/aromatic N) is 2. The summed E-state index contributed by atoms with van der Waals surface area (Å²) in [6.07, 6.45) is 0. The van der Waals surface area contributed by atoms with Gasteiger partial charge in [-0.3, -0.25) is 4.99 Å². The zero-order valence-corrected chi connectivity index (χ0v) is 15.6. The second kappa shape index (κ2) is 8.28. The van der Waals surface area contributed by atoms with Gasteiger partial charge in [-0.05, 0) is 25.2 Å². The number of fused-ring (bicyclic) bond motifs is 1. The van der Waals surface area contributed by atoms with Crippen molar-refractivity contribution in [2.24, 2.45) is 4.99 Å². The highest BCUT2D eigenvalue weighted by atomic mass is 32.1. The maximum Gasteiger partial charge on any atom is 0.143 e. The Balaban J connectivity index is 2.00. The molecule has 0 saturated carbocycles. The standard InChI is InChI=1S/C21H24N2OS/c1-3-23(4-2)15-14-22-19(16-10-6-5-7-11-16)21-20(24)17-12-8-9-13-18(17)25-21/h5-13,24H,3-4,14-15H2,1-2H3. The number of rotatable bonds is 7. The molecule has 3 aromatic rings. The average Bonchev–Trinajstić information content (AvgIpc) is 2.99. The Bertz CT molecular complexity index is 851. The molecule has 0 fully saturated rings. The lowest BCUT2D eigenvalue weighted by Crippen LogP contribution is -2.26. The van der Waals surface area contributed by atoms with Gasteiger partial charge in [0.2, 0.25) is 0 Å². The molecule has 1 aromatic heterocycles. The normalized spacial score (nSPS) is 12.2. The van der Waals surface area contributed by atoms with E-state index in [4.69, 9.17) is 4.99 Å². The largest absolute Gasteiger partial charge is 0.506 e. The van der Waals surface area contributed by atoms with E-state index in [0.717, 1.165) is 52.4 Å². The minimum absolute atomic E-state index is 0.339. The van der Waals surface area contributed by atoms with Crippen molar-refractivity contribution in [2.45, 2.75) is 13.8 Å². The van der Waals surface area contributed by atoms with Crippen molar-refractivity contribution in [3.05, 3.63) is 65.0 Å². The molecule has 25 heavy (non-hydrogen) atoms. The third-order valence-corrected chi connectivity index (χ3v) is 5.58. The first-order valence-corrected chi connectivity index (χ1v) is 9.59. The summed E-state index contributed by atoms with van der Waals surface area (Å²) >= 11 is 1.60. The number of hydrogen-bond donors (Lipinski definition) is 1. The van der Waals surface area contributed by atoms with E-state index in [2.05, 4.69) is 30.9 Å². The fourth-order valence-corrected chi connectivity index (χ4v) is 4.05. The molecule has 0 aliphatic rings. The zero-order valence-electron chi connectivity index (χ0n) is 14.8. The lowest BCUT2D eigenvalue weighted by Gasteiger charge is -2.16. The molecule has 1 N–H and O–H groups in total. The van der Waals surface area contributed by atoms with Crippen LogP contribution < -0.4 is 0 Å². The monoisotopic (exact) mass is 352 g/mol. The molecule has 0 atom stereocenters. The minimum Gasteiger partial charge on any atom is -0.506 e. The fourth-order valence-electron chi connectivity index (χ4n) is 2.93. The Labute approximate surface area is 153 Å². The molecule has 0 aliphatic heterocycles. The summed E-state index contributed by atoms with van der Waals surface area (Å²) < 4.78 is 1.09. The third-order valence-electron chi connectivity index (χ3n) is 4.41. The van der Waals surface area contributed by atoms with Crippen LogP contribution in [0.15, 0.2) is 59.6 Å². The number of hydrogen-bond acceptors (Lipinski definition) is 4. The quantitative estimate of drug-likeness (QED) is 0.621. The van der Waals surface area contributed by atoms with Crippen molar-refractivity contribution < 1.29 is 5.11 Å². The Morgan fingerprint density at radius 1 is 1.00 bits per heavy atom. The summed E-state index contributed by atoms with van der Waals surface area (Å²) in [7, 11) is 0. The van der Waals surface area contributed by atoms with Gasteiger partial charge in [-0.25, -0.2) is 0 Å². The number of likely N-dealkylation sites (N-methyl/N-ethyl adjacent to an activating group) is 1. The molecule has 3 rings (SSSR count). The molecular formula is C21H24N2OS. The number of aliphatic imine (C=N–C) groups is 1. The van der Waals surface area contributed by atoms with E-state index in [1.54, 1.807) is 11.3 Å². The smallest absolute Gasteiger partial charge is 0.143 e. The molecule has 0 radical (unpaired) electrons. The summed E-state index contributed by atoms with van der Waals surface area (Å²) in [6, 6.07) is 18.1. The van der Waals surface area contributed by atoms with Crippen LogP contribution in [0.1, 0.15) is 24.3 Å². The topological polar surface area (TPSA) is 35.8 Å². The zero-order chi connectivity index (χ0) is 17.6. The average molecular weight is 353 g/mol. The Kier molecular flexibility index (Phi) is 5.84. The van der Waals surface area contributed by atoms with Crippen LogP contribution in [0.25, 0.3) is 10.1 Å². The van der Waals surface area contributed by atoms with E-state index >= 15 is 0 Å². The van der Waals surface area contributed by atoms with Gasteiger partial charge in [0.05, 0.1) is 17.1 Å². The highest BCUT2D eigenvalue weighted by Gasteiger charge is 2.17. The van der Waals surface area contributed by atoms with Crippen LogP contribution in [-0.2, 0) is 0 Å². The molecule has 0 amide bonds. The van der Waals surface area contributed by atoms with Gasteiger partial charge in [0.15, 0.2) is 0 Å². The van der Waals surface area contributed by atoms with Gasteiger partial charge in [0.25, 0.3) is 0 Å². The number of aromatic hydroxyl groups is 1. The van der Waals surface area contributed by atoms with Crippen molar-refractivity contribution in [3.63, 3.8) is 0 Å². The van der Waals surface area contributed by atoms with Gasteiger partial charge in [-0.15, -0.1) is 11.3 Å². The van der Waals surface area contributed by atoms with Crippen molar-refractivity contribution in [1.29, 1.82) is 0 Å². The van der Waals surface area contributed by atoms with E-state index in [0.29, 0.717) is 5.75 Å². The summed E-state index contributed by atoms with van der Waals surface area (Å²) in [6.45, 7) is 8.04. The van der Waals surface area contributed by atoms with E-state index in [9.17, 15) is 5.11 Å². The SMILES string of the molecule is CCN(CC)CCN=C(c1ccccc1)c1sc2ccccc2c1O. The second-order valence-electron chi connectivity index (χ2n) is 5.90. The lowest BCUT2D eigenvalue weighted by molar-refractivity contribution is 0.313. The van der Waals surface area contributed by atoms with Crippen LogP contribution in [0, 0.1) is 0 Å². The molecule has 4 heteroatoms. The van der Waals surface area contributed by atoms with Crippen LogP contribution in [0.4, 0.5) is 0 Å². The molecule has 0 unspecified atom stereocenters. The van der Waals surface area contributed by atoms with Crippen molar-refractivity contribution in [1.82, 2.24) is 4.90 Å². The van der Waals surface area contributed by atoms with Gasteiger partial charge in [0, 0.05) is 22.2 Å². The fraction of sp³-hybridized carbons (Fsp3) is 0.286. The van der Waals surface area contributed by atoms with Crippen LogP contribution in [0.3, 0.4) is 0 Å². The summed E-state index contributed by atoms with van der Waals surface area (Å²) in [5, 5.41) is 11.6. The molecule has 0 saturated heterocycles. The maximum absolute atomic E-state index is 10.7. The van der Waals surface area contributed by atoms with Crippen LogP contribution in [-0.4, -0.2) is 41.9 Å². The summed E-state index contributed by atoms with van der Waals surface area (Å²) in [5.41, 5.74) is 1.93. The summed E-state index contributed by atoms with van der Waals surface area (Å²) in [4.78, 5) is 8.09. The van der Waals surface area contributed by atoms with E-state index in [1.165, 1.54) is 0 Å². The Morgan fingerprint density at radius 2 is 1.68 bits per heavy atom. The second-order valence-corrected chi connectivity index (χ2v) is 6.95. The maximum atomic E-state index is 10.7. The highest BCUT2D eigenvalue weighted by Crippen LogP contribution is 2.38. The minimum atomic E-state index is 0.339. The van der Waals surface area contributed by atoms with Crippen LogP contribution in [0.5, 0.6) is 5.75 Å². The van der Waals surface area contributed by atoms with Crippen molar-refractivity contribution in [2.75, 3.05) is 26.2 Å². The molecular weight excluding hydrogens is 328 g/mol. The van der Waals surface area contributed by atoms with Crippen molar-refractivity contribution in [3.8, 4) is 5.75 Å². The predicted molar refractivity (Wildman–Crippen MR) is 108 cm³/mol. The van der Waals surface area contributed by atoms with Gasteiger partial charge < -0.3 is 10.0 Å². The molecule has 3 nitrogen and oxygen atoms in total. The molecule has 1 heterocycles. The van der Waals surface area contributed by atoms with Crippen molar-refractivity contribution >= 4 is 27.1 Å². The van der Waals surface area contributed by atoms with Crippen LogP contribution >= 0.6 is 11.3 Å². The van der Waals surface area contributed by atoms with E-state index < -0.39 is 0 Å². The molecule has 2 aromatic carbocycles. The van der Waals surface area contributed by atoms with E-state index in [-0.39, 0.29) is 0 Å².